The lowest BCUT2D eigenvalue weighted by molar-refractivity contribution is -0.138. The summed E-state index contributed by atoms with van der Waals surface area (Å²) in [4.78, 5) is 12.3. The molecule has 0 aliphatic heterocycles. The number of esters is 1. The van der Waals surface area contributed by atoms with Crippen LogP contribution in [0.4, 0.5) is 0 Å². The molecule has 0 radical (unpaired) electrons. The van der Waals surface area contributed by atoms with Gasteiger partial charge in [0.1, 0.15) is 11.6 Å². The molecule has 0 aromatic heterocycles. The Bertz CT molecular complexity index is 768. The van der Waals surface area contributed by atoms with Crippen LogP contribution >= 0.6 is 0 Å². The summed E-state index contributed by atoms with van der Waals surface area (Å²) in [5.74, 6) is -0.0260. The molecule has 0 fully saturated rings. The third kappa shape index (κ3) is 5.82. The molecule has 3 heteroatoms. The van der Waals surface area contributed by atoms with Crippen LogP contribution in [-0.4, -0.2) is 12.6 Å². The van der Waals surface area contributed by atoms with Gasteiger partial charge in [-0.2, -0.15) is 5.26 Å². The number of carbonyl (C=O) groups excluding carboxylic acids is 1. The van der Waals surface area contributed by atoms with Crippen LogP contribution in [-0.2, 0) is 14.9 Å². The average molecular weight is 366 g/mol. The first-order chi connectivity index (χ1) is 12.7. The summed E-state index contributed by atoms with van der Waals surface area (Å²) in [6, 6.07) is 10.7. The first kappa shape index (κ1) is 21.0. The van der Waals surface area contributed by atoms with Crippen molar-refractivity contribution >= 4 is 11.5 Å². The molecule has 0 spiro atoms. The van der Waals surface area contributed by atoms with Gasteiger partial charge in [0, 0.05) is 0 Å². The highest BCUT2D eigenvalue weighted by atomic mass is 16.5. The van der Waals surface area contributed by atoms with Crippen LogP contribution in [0.1, 0.15) is 71.4 Å². The van der Waals surface area contributed by atoms with Gasteiger partial charge in [-0.3, -0.25) is 0 Å². The maximum Gasteiger partial charge on any atom is 0.349 e. The van der Waals surface area contributed by atoms with Gasteiger partial charge in [-0.15, -0.1) is 0 Å². The van der Waals surface area contributed by atoms with E-state index in [4.69, 9.17) is 4.74 Å². The Hall–Kier alpha value is -2.34. The van der Waals surface area contributed by atoms with E-state index in [0.29, 0.717) is 12.5 Å². The number of rotatable bonds is 5. The van der Waals surface area contributed by atoms with Crippen molar-refractivity contribution in [2.75, 3.05) is 6.61 Å². The largest absolute Gasteiger partial charge is 0.462 e. The SMILES string of the molecule is CC(C)CCOC(=O)/C(C#N)=C1/C=C(c2ccc(C(C)(C)C)cc2)CCC1. The Labute approximate surface area is 163 Å². The van der Waals surface area contributed by atoms with Gasteiger partial charge in [-0.25, -0.2) is 4.79 Å². The van der Waals surface area contributed by atoms with Gasteiger partial charge in [0.15, 0.2) is 0 Å². The molecule has 144 valence electrons. The van der Waals surface area contributed by atoms with Crippen LogP contribution in [0.25, 0.3) is 5.57 Å². The van der Waals surface area contributed by atoms with Crippen molar-refractivity contribution in [1.82, 2.24) is 0 Å². The lowest BCUT2D eigenvalue weighted by Crippen LogP contribution is -2.12. The molecule has 0 atom stereocenters. The predicted molar refractivity (Wildman–Crippen MR) is 110 cm³/mol. The fourth-order valence-corrected chi connectivity index (χ4v) is 3.14. The molecule has 0 N–H and O–H groups in total. The molecule has 0 saturated heterocycles. The quantitative estimate of drug-likeness (QED) is 0.367. The predicted octanol–water partition coefficient (Wildman–Crippen LogP) is 5.96. The van der Waals surface area contributed by atoms with E-state index in [1.165, 1.54) is 11.1 Å². The van der Waals surface area contributed by atoms with Crippen molar-refractivity contribution in [3.8, 4) is 6.07 Å². The number of nitrogens with zero attached hydrogens (tertiary/aromatic N) is 1. The molecule has 0 bridgehead atoms. The Morgan fingerprint density at radius 3 is 2.41 bits per heavy atom. The maximum absolute atomic E-state index is 12.3. The molecule has 1 aliphatic rings. The van der Waals surface area contributed by atoms with E-state index in [1.54, 1.807) is 0 Å². The van der Waals surface area contributed by atoms with Crippen molar-refractivity contribution in [3.05, 3.63) is 52.6 Å². The molecule has 1 aromatic rings. The normalized spacial score (nSPS) is 16.6. The summed E-state index contributed by atoms with van der Waals surface area (Å²) in [6.45, 7) is 11.1. The molecular weight excluding hydrogens is 334 g/mol. The topological polar surface area (TPSA) is 50.1 Å². The van der Waals surface area contributed by atoms with E-state index in [-0.39, 0.29) is 11.0 Å². The number of carbonyl (C=O) groups is 1. The summed E-state index contributed by atoms with van der Waals surface area (Å²) in [6.07, 6.45) is 5.46. The molecule has 2 rings (SSSR count). The molecule has 0 heterocycles. The minimum atomic E-state index is -0.492. The molecule has 0 amide bonds. The summed E-state index contributed by atoms with van der Waals surface area (Å²) >= 11 is 0. The van der Waals surface area contributed by atoms with Gasteiger partial charge in [-0.05, 0) is 59.3 Å². The van der Waals surface area contributed by atoms with E-state index in [9.17, 15) is 10.1 Å². The first-order valence-corrected chi connectivity index (χ1v) is 9.84. The minimum Gasteiger partial charge on any atom is -0.462 e. The number of benzene rings is 1. The van der Waals surface area contributed by atoms with E-state index >= 15 is 0 Å². The third-order valence-corrected chi connectivity index (χ3v) is 4.93. The number of hydrogen-bond donors (Lipinski definition) is 0. The maximum atomic E-state index is 12.3. The fraction of sp³-hybridized carbons (Fsp3) is 0.500. The lowest BCUT2D eigenvalue weighted by atomic mass is 9.84. The van der Waals surface area contributed by atoms with E-state index in [0.717, 1.165) is 36.8 Å². The zero-order chi connectivity index (χ0) is 20.0. The fourth-order valence-electron chi connectivity index (χ4n) is 3.14. The average Bonchev–Trinajstić information content (AvgIpc) is 2.62. The third-order valence-electron chi connectivity index (χ3n) is 4.93. The molecule has 0 saturated carbocycles. The van der Waals surface area contributed by atoms with Gasteiger partial charge in [0.2, 0.25) is 0 Å². The van der Waals surface area contributed by atoms with Crippen LogP contribution in [0.3, 0.4) is 0 Å². The van der Waals surface area contributed by atoms with Gasteiger partial charge >= 0.3 is 5.97 Å². The highest BCUT2D eigenvalue weighted by molar-refractivity contribution is 5.95. The minimum absolute atomic E-state index is 0.123. The van der Waals surface area contributed by atoms with Crippen LogP contribution in [0, 0.1) is 17.2 Å². The van der Waals surface area contributed by atoms with E-state index in [2.05, 4.69) is 65.0 Å². The van der Waals surface area contributed by atoms with E-state index < -0.39 is 5.97 Å². The highest BCUT2D eigenvalue weighted by Crippen LogP contribution is 2.32. The second-order valence-electron chi connectivity index (χ2n) is 8.68. The number of ether oxygens (including phenoxy) is 1. The van der Waals surface area contributed by atoms with Gasteiger partial charge in [-0.1, -0.05) is 65.0 Å². The molecule has 0 unspecified atom stereocenters. The van der Waals surface area contributed by atoms with Crippen molar-refractivity contribution in [3.63, 3.8) is 0 Å². The number of allylic oxidation sites excluding steroid dienone is 3. The summed E-state index contributed by atoms with van der Waals surface area (Å²) in [5, 5.41) is 9.50. The zero-order valence-electron chi connectivity index (χ0n) is 17.3. The first-order valence-electron chi connectivity index (χ1n) is 9.84. The van der Waals surface area contributed by atoms with Crippen LogP contribution in [0.15, 0.2) is 41.5 Å². The highest BCUT2D eigenvalue weighted by Gasteiger charge is 2.20. The van der Waals surface area contributed by atoms with E-state index in [1.807, 2.05) is 6.08 Å². The molecule has 1 aromatic carbocycles. The van der Waals surface area contributed by atoms with Crippen LogP contribution in [0.5, 0.6) is 0 Å². The Morgan fingerprint density at radius 1 is 1.19 bits per heavy atom. The lowest BCUT2D eigenvalue weighted by Gasteiger charge is -2.21. The Balaban J connectivity index is 2.23. The molecule has 27 heavy (non-hydrogen) atoms. The van der Waals surface area contributed by atoms with Crippen molar-refractivity contribution in [2.45, 2.75) is 65.7 Å². The summed E-state index contributed by atoms with van der Waals surface area (Å²) < 4.78 is 5.30. The Kier molecular flexibility index (Phi) is 7.02. The van der Waals surface area contributed by atoms with Crippen LogP contribution < -0.4 is 0 Å². The van der Waals surface area contributed by atoms with Gasteiger partial charge in [0.05, 0.1) is 6.61 Å². The van der Waals surface area contributed by atoms with Crippen LogP contribution in [0.2, 0.25) is 0 Å². The van der Waals surface area contributed by atoms with Crippen molar-refractivity contribution in [2.24, 2.45) is 5.92 Å². The van der Waals surface area contributed by atoms with Gasteiger partial charge in [0.25, 0.3) is 0 Å². The van der Waals surface area contributed by atoms with Gasteiger partial charge < -0.3 is 4.74 Å². The summed E-state index contributed by atoms with van der Waals surface area (Å²) in [5.41, 5.74) is 4.71. The number of hydrogen-bond acceptors (Lipinski definition) is 3. The molecule has 1 aliphatic carbocycles. The second-order valence-corrected chi connectivity index (χ2v) is 8.68. The number of nitriles is 1. The second kappa shape index (κ2) is 9.04. The Morgan fingerprint density at radius 2 is 1.85 bits per heavy atom. The standard InChI is InChI=1S/C24H31NO2/c1-17(2)13-14-27-23(26)22(16-25)20-8-6-7-19(15-20)18-9-11-21(12-10-18)24(3,4)5/h9-12,15,17H,6-8,13-14H2,1-5H3/b22-20+. The monoisotopic (exact) mass is 365 g/mol. The molecule has 3 nitrogen and oxygen atoms in total. The molecular formula is C24H31NO2. The zero-order valence-corrected chi connectivity index (χ0v) is 17.3. The smallest absolute Gasteiger partial charge is 0.349 e. The van der Waals surface area contributed by atoms with Crippen molar-refractivity contribution < 1.29 is 9.53 Å². The van der Waals surface area contributed by atoms with Crippen molar-refractivity contribution in [1.29, 1.82) is 5.26 Å². The summed E-state index contributed by atoms with van der Waals surface area (Å²) in [7, 11) is 0.